The van der Waals surface area contributed by atoms with Gasteiger partial charge in [-0.1, -0.05) is 64.8 Å². The summed E-state index contributed by atoms with van der Waals surface area (Å²) in [6.07, 6.45) is 0.715. The molecule has 4 rings (SSSR count). The minimum absolute atomic E-state index is 0.0608. The van der Waals surface area contributed by atoms with Gasteiger partial charge in [0.05, 0.1) is 0 Å². The molecule has 1 fully saturated rings. The van der Waals surface area contributed by atoms with Gasteiger partial charge < -0.3 is 14.7 Å². The van der Waals surface area contributed by atoms with Gasteiger partial charge in [0.2, 0.25) is 11.7 Å². The van der Waals surface area contributed by atoms with Crippen LogP contribution in [0.1, 0.15) is 23.1 Å². The van der Waals surface area contributed by atoms with E-state index in [0.717, 1.165) is 11.1 Å². The molecule has 6 nitrogen and oxygen atoms in total. The third-order valence-electron chi connectivity index (χ3n) is 4.82. The molecular weight excluding hydrogens is 340 g/mol. The molecule has 1 unspecified atom stereocenters. The smallest absolute Gasteiger partial charge is 0.322 e. The largest absolute Gasteiger partial charge is 0.336 e. The molecule has 1 saturated heterocycles. The second-order valence-electron chi connectivity index (χ2n) is 7.02. The average Bonchev–Trinajstić information content (AvgIpc) is 3.27. The van der Waals surface area contributed by atoms with Crippen LogP contribution in [0.15, 0.2) is 53.1 Å². The average molecular weight is 362 g/mol. The van der Waals surface area contributed by atoms with E-state index in [1.165, 1.54) is 11.1 Å². The van der Waals surface area contributed by atoms with Gasteiger partial charge in [0.15, 0.2) is 0 Å². The summed E-state index contributed by atoms with van der Waals surface area (Å²) in [5.41, 5.74) is 4.41. The maximum absolute atomic E-state index is 12.7. The van der Waals surface area contributed by atoms with Gasteiger partial charge in [-0.05, 0) is 25.8 Å². The third kappa shape index (κ3) is 3.84. The molecule has 0 aliphatic carbocycles. The Kier molecular flexibility index (Phi) is 4.62. The maximum Gasteiger partial charge on any atom is 0.322 e. The number of carbonyl (C=O) groups excluding carboxylic acids is 1. The fourth-order valence-electron chi connectivity index (χ4n) is 3.19. The Hall–Kier alpha value is -3.15. The summed E-state index contributed by atoms with van der Waals surface area (Å²) in [4.78, 5) is 18.9. The Balaban J connectivity index is 1.39. The van der Waals surface area contributed by atoms with Gasteiger partial charge in [-0.2, -0.15) is 4.98 Å². The van der Waals surface area contributed by atoms with Crippen LogP contribution in [0.25, 0.3) is 11.4 Å². The van der Waals surface area contributed by atoms with Crippen molar-refractivity contribution in [2.24, 2.45) is 0 Å². The van der Waals surface area contributed by atoms with Crippen LogP contribution in [-0.4, -0.2) is 33.5 Å². The maximum atomic E-state index is 12.7. The van der Waals surface area contributed by atoms with Crippen LogP contribution >= 0.6 is 0 Å². The highest BCUT2D eigenvalue weighted by atomic mass is 16.5. The van der Waals surface area contributed by atoms with Gasteiger partial charge in [-0.15, -0.1) is 0 Å². The van der Waals surface area contributed by atoms with Gasteiger partial charge in [-0.3, -0.25) is 4.79 Å². The summed E-state index contributed by atoms with van der Waals surface area (Å²) >= 11 is 0. The lowest BCUT2D eigenvalue weighted by molar-refractivity contribution is -0.128. The van der Waals surface area contributed by atoms with E-state index in [2.05, 4.69) is 46.6 Å². The number of amides is 1. The number of hydrogen-bond donors (Lipinski definition) is 1. The monoisotopic (exact) mass is 362 g/mol. The first-order chi connectivity index (χ1) is 13.1. The molecule has 3 aromatic rings. The molecule has 1 N–H and O–H groups in total. The minimum Gasteiger partial charge on any atom is -0.336 e. The van der Waals surface area contributed by atoms with Gasteiger partial charge in [-0.25, -0.2) is 0 Å². The van der Waals surface area contributed by atoms with E-state index in [1.807, 2.05) is 36.1 Å². The zero-order chi connectivity index (χ0) is 18.8. The van der Waals surface area contributed by atoms with E-state index in [-0.39, 0.29) is 18.0 Å². The van der Waals surface area contributed by atoms with Crippen LogP contribution in [-0.2, 0) is 11.3 Å². The number of benzene rings is 2. The van der Waals surface area contributed by atoms with Crippen LogP contribution in [0.3, 0.4) is 0 Å². The lowest BCUT2D eigenvalue weighted by Gasteiger charge is -2.17. The Bertz CT molecular complexity index is 932. The fourth-order valence-corrected chi connectivity index (χ4v) is 3.19. The molecule has 6 heteroatoms. The Labute approximate surface area is 158 Å². The lowest BCUT2D eigenvalue weighted by Crippen LogP contribution is -2.33. The number of nitrogens with one attached hydrogen (secondary N) is 1. The van der Waals surface area contributed by atoms with Gasteiger partial charge in [0.1, 0.15) is 6.04 Å². The molecule has 0 bridgehead atoms. The quantitative estimate of drug-likeness (QED) is 0.751. The number of rotatable bonds is 5. The van der Waals surface area contributed by atoms with E-state index in [1.54, 1.807) is 0 Å². The molecule has 2 heterocycles. The van der Waals surface area contributed by atoms with E-state index >= 15 is 0 Å². The molecule has 1 atom stereocenters. The zero-order valence-electron chi connectivity index (χ0n) is 15.5. The van der Waals surface area contributed by atoms with Crippen molar-refractivity contribution in [3.63, 3.8) is 0 Å². The molecule has 1 amide bonds. The van der Waals surface area contributed by atoms with Gasteiger partial charge >= 0.3 is 6.01 Å². The number of anilines is 1. The van der Waals surface area contributed by atoms with Crippen molar-refractivity contribution < 1.29 is 9.32 Å². The first-order valence-corrected chi connectivity index (χ1v) is 9.10. The highest BCUT2D eigenvalue weighted by Crippen LogP contribution is 2.22. The number of likely N-dealkylation sites (tertiary alicyclic amines) is 1. The molecule has 138 valence electrons. The first-order valence-electron chi connectivity index (χ1n) is 9.10. The molecule has 1 aliphatic rings. The van der Waals surface area contributed by atoms with Crippen LogP contribution in [0, 0.1) is 13.8 Å². The zero-order valence-corrected chi connectivity index (χ0v) is 15.5. The highest BCUT2D eigenvalue weighted by Gasteiger charge is 2.32. The molecule has 0 saturated carbocycles. The summed E-state index contributed by atoms with van der Waals surface area (Å²) < 4.78 is 5.28. The van der Waals surface area contributed by atoms with Gasteiger partial charge in [0, 0.05) is 18.7 Å². The Morgan fingerprint density at radius 2 is 1.74 bits per heavy atom. The van der Waals surface area contributed by atoms with Crippen molar-refractivity contribution in [3.8, 4) is 11.4 Å². The fraction of sp³-hybridized carbons (Fsp3) is 0.286. The van der Waals surface area contributed by atoms with E-state index in [0.29, 0.717) is 25.3 Å². The highest BCUT2D eigenvalue weighted by molar-refractivity contribution is 5.86. The summed E-state index contributed by atoms with van der Waals surface area (Å²) in [6.45, 7) is 5.42. The predicted octanol–water partition coefficient (Wildman–Crippen LogP) is 3.57. The van der Waals surface area contributed by atoms with Crippen molar-refractivity contribution in [1.82, 2.24) is 15.0 Å². The van der Waals surface area contributed by atoms with Crippen molar-refractivity contribution in [3.05, 3.63) is 65.2 Å². The second kappa shape index (κ2) is 7.23. The van der Waals surface area contributed by atoms with Crippen LogP contribution in [0.4, 0.5) is 6.01 Å². The molecule has 0 spiro atoms. The SMILES string of the molecule is Cc1ccc(CN2CCC(Nc3nc(-c4ccc(C)cc4)no3)C2=O)cc1. The first kappa shape index (κ1) is 17.3. The van der Waals surface area contributed by atoms with Crippen molar-refractivity contribution in [1.29, 1.82) is 0 Å². The predicted molar refractivity (Wildman–Crippen MR) is 103 cm³/mol. The molecule has 1 aromatic heterocycles. The Morgan fingerprint density at radius 3 is 2.44 bits per heavy atom. The van der Waals surface area contributed by atoms with Crippen molar-refractivity contribution in [2.45, 2.75) is 32.9 Å². The number of hydrogen-bond acceptors (Lipinski definition) is 5. The topological polar surface area (TPSA) is 71.3 Å². The lowest BCUT2D eigenvalue weighted by atomic mass is 10.1. The second-order valence-corrected chi connectivity index (χ2v) is 7.02. The molecular formula is C21H22N4O2. The summed E-state index contributed by atoms with van der Waals surface area (Å²) in [7, 11) is 0. The van der Waals surface area contributed by atoms with Crippen molar-refractivity contribution in [2.75, 3.05) is 11.9 Å². The summed E-state index contributed by atoms with van der Waals surface area (Å²) in [5, 5.41) is 7.09. The van der Waals surface area contributed by atoms with Crippen LogP contribution in [0.2, 0.25) is 0 Å². The van der Waals surface area contributed by atoms with E-state index < -0.39 is 0 Å². The number of nitrogens with zero attached hydrogens (tertiary/aromatic N) is 3. The van der Waals surface area contributed by atoms with Crippen molar-refractivity contribution >= 4 is 11.9 Å². The molecule has 1 aliphatic heterocycles. The number of aryl methyl sites for hydroxylation is 2. The number of aromatic nitrogens is 2. The summed E-state index contributed by atoms with van der Waals surface area (Å²) in [6, 6.07) is 16.1. The third-order valence-corrected chi connectivity index (χ3v) is 4.82. The van der Waals surface area contributed by atoms with Gasteiger partial charge in [0.25, 0.3) is 0 Å². The Morgan fingerprint density at radius 1 is 1.07 bits per heavy atom. The van der Waals surface area contributed by atoms with Crippen LogP contribution in [0.5, 0.6) is 0 Å². The normalized spacial score (nSPS) is 16.7. The molecule has 0 radical (unpaired) electrons. The van der Waals surface area contributed by atoms with E-state index in [9.17, 15) is 4.79 Å². The minimum atomic E-state index is -0.332. The molecule has 2 aromatic carbocycles. The summed E-state index contributed by atoms with van der Waals surface area (Å²) in [5.74, 6) is 0.574. The standard InChI is InChI=1S/C21H22N4O2/c1-14-3-7-16(8-4-14)13-25-12-11-18(20(25)26)22-21-23-19(24-27-21)17-9-5-15(2)6-10-17/h3-10,18H,11-13H2,1-2H3,(H,22,23,24). The number of carbonyl (C=O) groups is 1. The molecule has 27 heavy (non-hydrogen) atoms. The van der Waals surface area contributed by atoms with Crippen LogP contribution < -0.4 is 5.32 Å². The van der Waals surface area contributed by atoms with E-state index in [4.69, 9.17) is 4.52 Å².